The quantitative estimate of drug-likeness (QED) is 0.858. The van der Waals surface area contributed by atoms with E-state index in [0.717, 1.165) is 37.3 Å². The number of rotatable bonds is 6. The fraction of sp³-hybridized carbons (Fsp3) is 0.786. The van der Waals surface area contributed by atoms with Gasteiger partial charge in [-0.1, -0.05) is 6.92 Å². The molecule has 0 saturated carbocycles. The minimum atomic E-state index is -0.519. The van der Waals surface area contributed by atoms with Crippen LogP contribution in [0.2, 0.25) is 0 Å². The maximum absolute atomic E-state index is 9.56. The summed E-state index contributed by atoms with van der Waals surface area (Å²) >= 11 is 0. The summed E-state index contributed by atoms with van der Waals surface area (Å²) < 4.78 is 13.2. The van der Waals surface area contributed by atoms with E-state index in [4.69, 9.17) is 9.47 Å². The lowest BCUT2D eigenvalue weighted by molar-refractivity contribution is -0.163. The SMILES string of the molecule is CCc1cc(C(C)O)nn1CCOC1CCCCO1. The highest BCUT2D eigenvalue weighted by atomic mass is 16.7. The van der Waals surface area contributed by atoms with Gasteiger partial charge in [-0.2, -0.15) is 5.10 Å². The zero-order valence-electron chi connectivity index (χ0n) is 11.8. The highest BCUT2D eigenvalue weighted by Crippen LogP contribution is 2.15. The molecule has 19 heavy (non-hydrogen) atoms. The maximum Gasteiger partial charge on any atom is 0.157 e. The Labute approximate surface area is 114 Å². The van der Waals surface area contributed by atoms with Gasteiger partial charge >= 0.3 is 0 Å². The number of aliphatic hydroxyl groups is 1. The van der Waals surface area contributed by atoms with Crippen molar-refractivity contribution in [1.29, 1.82) is 0 Å². The van der Waals surface area contributed by atoms with E-state index in [1.165, 1.54) is 6.42 Å². The molecule has 0 spiro atoms. The van der Waals surface area contributed by atoms with Crippen molar-refractivity contribution in [3.8, 4) is 0 Å². The molecule has 0 bridgehead atoms. The van der Waals surface area contributed by atoms with Gasteiger partial charge in [0.2, 0.25) is 0 Å². The van der Waals surface area contributed by atoms with Crippen LogP contribution in [0.1, 0.15) is 50.6 Å². The van der Waals surface area contributed by atoms with Crippen molar-refractivity contribution in [3.05, 3.63) is 17.5 Å². The summed E-state index contributed by atoms with van der Waals surface area (Å²) in [5.74, 6) is 0. The monoisotopic (exact) mass is 268 g/mol. The fourth-order valence-electron chi connectivity index (χ4n) is 2.27. The molecule has 2 unspecified atom stereocenters. The first kappa shape index (κ1) is 14.5. The van der Waals surface area contributed by atoms with E-state index < -0.39 is 6.10 Å². The molecule has 5 nitrogen and oxygen atoms in total. The maximum atomic E-state index is 9.56. The summed E-state index contributed by atoms with van der Waals surface area (Å²) in [6.45, 7) is 5.93. The summed E-state index contributed by atoms with van der Waals surface area (Å²) in [5, 5.41) is 14.0. The lowest BCUT2D eigenvalue weighted by atomic mass is 10.2. The zero-order valence-corrected chi connectivity index (χ0v) is 11.8. The molecule has 2 rings (SSSR count). The van der Waals surface area contributed by atoms with Crippen LogP contribution in [-0.4, -0.2) is 34.4 Å². The van der Waals surface area contributed by atoms with Crippen molar-refractivity contribution in [3.63, 3.8) is 0 Å². The van der Waals surface area contributed by atoms with Gasteiger partial charge in [0.25, 0.3) is 0 Å². The van der Waals surface area contributed by atoms with Gasteiger partial charge in [-0.15, -0.1) is 0 Å². The number of ether oxygens (including phenoxy) is 2. The lowest BCUT2D eigenvalue weighted by Crippen LogP contribution is -2.24. The third-order valence-electron chi connectivity index (χ3n) is 3.42. The smallest absolute Gasteiger partial charge is 0.157 e. The minimum absolute atomic E-state index is 0.0503. The van der Waals surface area contributed by atoms with Crippen molar-refractivity contribution < 1.29 is 14.6 Å². The first-order valence-electron chi connectivity index (χ1n) is 7.18. The van der Waals surface area contributed by atoms with Crippen LogP contribution in [0.4, 0.5) is 0 Å². The van der Waals surface area contributed by atoms with Crippen LogP contribution in [-0.2, 0) is 22.4 Å². The van der Waals surface area contributed by atoms with E-state index in [1.807, 2.05) is 10.7 Å². The Morgan fingerprint density at radius 2 is 2.42 bits per heavy atom. The number of aliphatic hydroxyl groups excluding tert-OH is 1. The Balaban J connectivity index is 1.84. The average Bonchev–Trinajstić information content (AvgIpc) is 2.83. The van der Waals surface area contributed by atoms with Crippen molar-refractivity contribution >= 4 is 0 Å². The van der Waals surface area contributed by atoms with E-state index in [0.29, 0.717) is 13.2 Å². The van der Waals surface area contributed by atoms with Gasteiger partial charge in [0.15, 0.2) is 6.29 Å². The highest BCUT2D eigenvalue weighted by Gasteiger charge is 2.15. The van der Waals surface area contributed by atoms with Gasteiger partial charge in [0, 0.05) is 12.3 Å². The Morgan fingerprint density at radius 1 is 1.58 bits per heavy atom. The molecule has 0 radical (unpaired) electrons. The molecule has 1 aromatic rings. The van der Waals surface area contributed by atoms with Crippen molar-refractivity contribution in [2.75, 3.05) is 13.2 Å². The van der Waals surface area contributed by atoms with Gasteiger partial charge in [-0.3, -0.25) is 4.68 Å². The first-order chi connectivity index (χ1) is 9.20. The standard InChI is InChI=1S/C14H24N2O3/c1-3-12-10-13(11(2)17)15-16(12)7-9-19-14-6-4-5-8-18-14/h10-11,14,17H,3-9H2,1-2H3. The van der Waals surface area contributed by atoms with Gasteiger partial charge in [0.1, 0.15) is 0 Å². The second-order valence-electron chi connectivity index (χ2n) is 4.98. The average molecular weight is 268 g/mol. The largest absolute Gasteiger partial charge is 0.387 e. The third kappa shape index (κ3) is 4.03. The summed E-state index contributed by atoms with van der Waals surface area (Å²) in [6, 6.07) is 1.96. The van der Waals surface area contributed by atoms with Gasteiger partial charge < -0.3 is 14.6 Å². The molecule has 5 heteroatoms. The van der Waals surface area contributed by atoms with Gasteiger partial charge in [-0.25, -0.2) is 0 Å². The molecule has 0 aromatic carbocycles. The molecule has 1 aromatic heterocycles. The summed E-state index contributed by atoms with van der Waals surface area (Å²) in [7, 11) is 0. The fourth-order valence-corrected chi connectivity index (χ4v) is 2.27. The van der Waals surface area contributed by atoms with E-state index >= 15 is 0 Å². The first-order valence-corrected chi connectivity index (χ1v) is 7.18. The Kier molecular flexibility index (Phi) is 5.36. The summed E-state index contributed by atoms with van der Waals surface area (Å²) in [6.07, 6.45) is 3.63. The molecule has 0 amide bonds. The number of hydrogen-bond acceptors (Lipinski definition) is 4. The predicted molar refractivity (Wildman–Crippen MR) is 71.8 cm³/mol. The van der Waals surface area contributed by atoms with E-state index in [9.17, 15) is 5.11 Å². The van der Waals surface area contributed by atoms with Crippen LogP contribution in [0.3, 0.4) is 0 Å². The summed E-state index contributed by atoms with van der Waals surface area (Å²) in [4.78, 5) is 0. The molecule has 1 aliphatic rings. The van der Waals surface area contributed by atoms with Crippen LogP contribution in [0, 0.1) is 0 Å². The van der Waals surface area contributed by atoms with E-state index in [2.05, 4.69) is 12.0 Å². The van der Waals surface area contributed by atoms with Crippen molar-refractivity contribution in [2.45, 2.75) is 58.5 Å². The van der Waals surface area contributed by atoms with Crippen LogP contribution in [0.15, 0.2) is 6.07 Å². The predicted octanol–water partition coefficient (Wildman–Crippen LogP) is 2.04. The van der Waals surface area contributed by atoms with Crippen LogP contribution in [0.5, 0.6) is 0 Å². The normalized spacial score (nSPS) is 21.5. The Bertz CT molecular complexity index is 384. The van der Waals surface area contributed by atoms with E-state index in [-0.39, 0.29) is 6.29 Å². The van der Waals surface area contributed by atoms with E-state index in [1.54, 1.807) is 6.92 Å². The molecule has 108 valence electrons. The topological polar surface area (TPSA) is 56.5 Å². The lowest BCUT2D eigenvalue weighted by Gasteiger charge is -2.22. The molecule has 1 fully saturated rings. The molecule has 0 aliphatic carbocycles. The Morgan fingerprint density at radius 3 is 3.05 bits per heavy atom. The molecule has 2 heterocycles. The molecule has 1 aliphatic heterocycles. The molecular formula is C14H24N2O3. The van der Waals surface area contributed by atoms with Crippen LogP contribution in [0.25, 0.3) is 0 Å². The third-order valence-corrected chi connectivity index (χ3v) is 3.42. The number of hydrogen-bond donors (Lipinski definition) is 1. The van der Waals surface area contributed by atoms with Gasteiger partial charge in [0.05, 0.1) is 24.9 Å². The number of aromatic nitrogens is 2. The van der Waals surface area contributed by atoms with Gasteiger partial charge in [-0.05, 0) is 38.7 Å². The number of nitrogens with zero attached hydrogens (tertiary/aromatic N) is 2. The van der Waals surface area contributed by atoms with Crippen molar-refractivity contribution in [1.82, 2.24) is 9.78 Å². The second-order valence-corrected chi connectivity index (χ2v) is 4.98. The molecule has 1 saturated heterocycles. The number of aryl methyl sites for hydroxylation is 1. The van der Waals surface area contributed by atoms with Crippen molar-refractivity contribution in [2.24, 2.45) is 0 Å². The zero-order chi connectivity index (χ0) is 13.7. The molecule has 1 N–H and O–H groups in total. The minimum Gasteiger partial charge on any atom is -0.387 e. The van der Waals surface area contributed by atoms with Crippen LogP contribution >= 0.6 is 0 Å². The molecule has 2 atom stereocenters. The molecular weight excluding hydrogens is 244 g/mol. The second kappa shape index (κ2) is 7.03. The summed E-state index contributed by atoms with van der Waals surface area (Å²) in [5.41, 5.74) is 1.86. The highest BCUT2D eigenvalue weighted by molar-refractivity contribution is 5.12. The Hall–Kier alpha value is -0.910. The van der Waals surface area contributed by atoms with Crippen LogP contribution < -0.4 is 0 Å².